The molecule has 1 aliphatic heterocycles. The van der Waals surface area contributed by atoms with E-state index in [1.807, 2.05) is 0 Å². The zero-order chi connectivity index (χ0) is 9.86. The van der Waals surface area contributed by atoms with E-state index in [1.165, 1.54) is 63.2 Å². The summed E-state index contributed by atoms with van der Waals surface area (Å²) in [5.41, 5.74) is 6.45. The maximum absolute atomic E-state index is 6.23. The van der Waals surface area contributed by atoms with Crippen LogP contribution in [0.25, 0.3) is 0 Å². The van der Waals surface area contributed by atoms with Crippen molar-refractivity contribution in [3.8, 4) is 0 Å². The van der Waals surface area contributed by atoms with Gasteiger partial charge in [0.15, 0.2) is 0 Å². The van der Waals surface area contributed by atoms with Crippen LogP contribution in [0, 0.1) is 0 Å². The number of thioether (sulfide) groups is 1. The lowest BCUT2D eigenvalue weighted by atomic mass is 9.75. The molecule has 2 nitrogen and oxygen atoms in total. The fourth-order valence-corrected chi connectivity index (χ4v) is 3.21. The minimum atomic E-state index is 0.222. The maximum Gasteiger partial charge on any atom is 0.0166 e. The van der Waals surface area contributed by atoms with Gasteiger partial charge in [-0.1, -0.05) is 0 Å². The Morgan fingerprint density at radius 2 is 2.00 bits per heavy atom. The van der Waals surface area contributed by atoms with Crippen LogP contribution in [-0.4, -0.2) is 41.6 Å². The highest BCUT2D eigenvalue weighted by molar-refractivity contribution is 7.99. The van der Waals surface area contributed by atoms with E-state index in [0.717, 1.165) is 0 Å². The molecule has 82 valence electrons. The van der Waals surface area contributed by atoms with Crippen molar-refractivity contribution in [2.45, 2.75) is 37.6 Å². The van der Waals surface area contributed by atoms with E-state index >= 15 is 0 Å². The minimum absolute atomic E-state index is 0.222. The van der Waals surface area contributed by atoms with E-state index in [9.17, 15) is 0 Å². The van der Waals surface area contributed by atoms with Crippen molar-refractivity contribution in [2.24, 2.45) is 5.73 Å². The Labute approximate surface area is 91.6 Å². The largest absolute Gasteiger partial charge is 0.325 e. The van der Waals surface area contributed by atoms with Gasteiger partial charge in [0.05, 0.1) is 0 Å². The Balaban J connectivity index is 1.68. The molecule has 1 saturated heterocycles. The lowest BCUT2D eigenvalue weighted by Crippen LogP contribution is -2.48. The molecule has 2 rings (SSSR count). The van der Waals surface area contributed by atoms with Crippen LogP contribution in [0.1, 0.15) is 32.1 Å². The van der Waals surface area contributed by atoms with Crippen molar-refractivity contribution in [3.05, 3.63) is 0 Å². The fourth-order valence-electron chi connectivity index (χ4n) is 2.28. The quantitative estimate of drug-likeness (QED) is 0.775. The number of nitrogens with two attached hydrogens (primary N) is 1. The van der Waals surface area contributed by atoms with Crippen LogP contribution in [0.5, 0.6) is 0 Å². The van der Waals surface area contributed by atoms with Crippen molar-refractivity contribution >= 4 is 11.8 Å². The lowest BCUT2D eigenvalue weighted by molar-refractivity contribution is 0.186. The predicted octanol–water partition coefficient (Wildman–Crippen LogP) is 1.70. The van der Waals surface area contributed by atoms with Crippen molar-refractivity contribution < 1.29 is 0 Å². The molecule has 0 unspecified atom stereocenters. The second-order valence-corrected chi connectivity index (χ2v) is 6.00. The van der Waals surface area contributed by atoms with Gasteiger partial charge in [-0.3, -0.25) is 0 Å². The topological polar surface area (TPSA) is 29.3 Å². The summed E-state index contributed by atoms with van der Waals surface area (Å²) in [5, 5.41) is 0. The van der Waals surface area contributed by atoms with E-state index in [4.69, 9.17) is 5.73 Å². The Hall–Kier alpha value is 0.270. The normalized spacial score (nSPS) is 28.1. The van der Waals surface area contributed by atoms with Gasteiger partial charge in [0, 0.05) is 17.8 Å². The summed E-state index contributed by atoms with van der Waals surface area (Å²) in [5.74, 6) is 2.67. The van der Waals surface area contributed by atoms with Crippen LogP contribution in [0.3, 0.4) is 0 Å². The molecule has 0 aromatic heterocycles. The van der Waals surface area contributed by atoms with Gasteiger partial charge >= 0.3 is 0 Å². The van der Waals surface area contributed by atoms with Crippen LogP contribution in [0.15, 0.2) is 0 Å². The van der Waals surface area contributed by atoms with E-state index in [2.05, 4.69) is 16.7 Å². The van der Waals surface area contributed by atoms with Crippen molar-refractivity contribution in [1.29, 1.82) is 0 Å². The Bertz CT molecular complexity index is 172. The molecule has 0 bridgehead atoms. The summed E-state index contributed by atoms with van der Waals surface area (Å²) in [6.07, 6.45) is 6.46. The monoisotopic (exact) mass is 214 g/mol. The lowest BCUT2D eigenvalue weighted by Gasteiger charge is -2.39. The molecular formula is C11H22N2S. The summed E-state index contributed by atoms with van der Waals surface area (Å²) in [6.45, 7) is 3.81. The summed E-state index contributed by atoms with van der Waals surface area (Å²) in [4.78, 5) is 2.60. The van der Waals surface area contributed by atoms with E-state index in [-0.39, 0.29) is 5.54 Å². The van der Waals surface area contributed by atoms with Crippen LogP contribution in [-0.2, 0) is 0 Å². The van der Waals surface area contributed by atoms with Gasteiger partial charge in [-0.2, -0.15) is 11.8 Å². The summed E-state index contributed by atoms with van der Waals surface area (Å²) >= 11 is 2.10. The zero-order valence-corrected chi connectivity index (χ0v) is 9.82. The Morgan fingerprint density at radius 3 is 2.71 bits per heavy atom. The molecule has 0 aromatic carbocycles. The molecule has 0 atom stereocenters. The van der Waals surface area contributed by atoms with Gasteiger partial charge < -0.3 is 10.6 Å². The zero-order valence-electron chi connectivity index (χ0n) is 9.00. The summed E-state index contributed by atoms with van der Waals surface area (Å²) in [7, 11) is 0. The van der Waals surface area contributed by atoms with Gasteiger partial charge in [0.1, 0.15) is 0 Å². The molecule has 2 aliphatic rings. The molecule has 2 fully saturated rings. The predicted molar refractivity (Wildman–Crippen MR) is 63.8 cm³/mol. The molecule has 0 radical (unpaired) electrons. The SMILES string of the molecule is NC1(CCN2CCCSCC2)CCC1. The maximum atomic E-state index is 6.23. The molecule has 2 N–H and O–H groups in total. The third kappa shape index (κ3) is 2.88. The smallest absolute Gasteiger partial charge is 0.0166 e. The molecule has 0 spiro atoms. The second-order valence-electron chi connectivity index (χ2n) is 4.77. The van der Waals surface area contributed by atoms with Crippen LogP contribution < -0.4 is 5.73 Å². The van der Waals surface area contributed by atoms with Crippen LogP contribution >= 0.6 is 11.8 Å². The van der Waals surface area contributed by atoms with Gasteiger partial charge in [-0.05, 0) is 50.9 Å². The highest BCUT2D eigenvalue weighted by atomic mass is 32.2. The first kappa shape index (κ1) is 10.8. The summed E-state index contributed by atoms with van der Waals surface area (Å²) < 4.78 is 0. The summed E-state index contributed by atoms with van der Waals surface area (Å²) in [6, 6.07) is 0. The molecular weight excluding hydrogens is 192 g/mol. The third-order valence-corrected chi connectivity index (χ3v) is 4.64. The molecule has 1 aliphatic carbocycles. The average Bonchev–Trinajstić information content (AvgIpc) is 2.40. The molecule has 0 amide bonds. The first-order chi connectivity index (χ1) is 6.79. The first-order valence-electron chi connectivity index (χ1n) is 5.88. The number of nitrogens with zero attached hydrogens (tertiary/aromatic N) is 1. The molecule has 1 saturated carbocycles. The molecule has 0 aromatic rings. The van der Waals surface area contributed by atoms with Crippen molar-refractivity contribution in [2.75, 3.05) is 31.1 Å². The van der Waals surface area contributed by atoms with Crippen molar-refractivity contribution in [3.63, 3.8) is 0 Å². The van der Waals surface area contributed by atoms with Gasteiger partial charge in [-0.15, -0.1) is 0 Å². The number of rotatable bonds is 3. The first-order valence-corrected chi connectivity index (χ1v) is 7.03. The second kappa shape index (κ2) is 4.86. The standard InChI is InChI=1S/C11H22N2S/c12-11(3-1-4-11)5-7-13-6-2-9-14-10-8-13/h1-10,12H2. The molecule has 3 heteroatoms. The van der Waals surface area contributed by atoms with Crippen LogP contribution in [0.4, 0.5) is 0 Å². The highest BCUT2D eigenvalue weighted by Gasteiger charge is 2.32. The third-order valence-electron chi connectivity index (χ3n) is 3.59. The van der Waals surface area contributed by atoms with Gasteiger partial charge in [0.2, 0.25) is 0 Å². The highest BCUT2D eigenvalue weighted by Crippen LogP contribution is 2.32. The van der Waals surface area contributed by atoms with E-state index in [0.29, 0.717) is 0 Å². The minimum Gasteiger partial charge on any atom is -0.325 e. The van der Waals surface area contributed by atoms with E-state index in [1.54, 1.807) is 0 Å². The van der Waals surface area contributed by atoms with Crippen molar-refractivity contribution in [1.82, 2.24) is 4.90 Å². The van der Waals surface area contributed by atoms with E-state index < -0.39 is 0 Å². The van der Waals surface area contributed by atoms with Gasteiger partial charge in [0.25, 0.3) is 0 Å². The Morgan fingerprint density at radius 1 is 1.14 bits per heavy atom. The van der Waals surface area contributed by atoms with Gasteiger partial charge in [-0.25, -0.2) is 0 Å². The molecule has 1 heterocycles. The molecule has 14 heavy (non-hydrogen) atoms. The Kier molecular flexibility index (Phi) is 3.74. The number of hydrogen-bond acceptors (Lipinski definition) is 3. The number of hydrogen-bond donors (Lipinski definition) is 1. The fraction of sp³-hybridized carbons (Fsp3) is 1.00. The van der Waals surface area contributed by atoms with Crippen LogP contribution in [0.2, 0.25) is 0 Å². The average molecular weight is 214 g/mol.